The molecule has 1 atom stereocenters. The Balaban J connectivity index is 1.92. The van der Waals surface area contributed by atoms with E-state index >= 15 is 0 Å². The van der Waals surface area contributed by atoms with E-state index in [-0.39, 0.29) is 5.92 Å². The first-order valence-corrected chi connectivity index (χ1v) is 6.88. The molecule has 106 valence electrons. The summed E-state index contributed by atoms with van der Waals surface area (Å²) in [6.07, 6.45) is 4.22. The van der Waals surface area contributed by atoms with Crippen LogP contribution in [0.3, 0.4) is 0 Å². The zero-order chi connectivity index (χ0) is 14.5. The number of carbonyl (C=O) groups is 1. The molecule has 2 aromatic carbocycles. The summed E-state index contributed by atoms with van der Waals surface area (Å²) in [6.45, 7) is 0.835. The molecule has 0 aliphatic carbocycles. The van der Waals surface area contributed by atoms with Gasteiger partial charge < -0.3 is 9.72 Å². The molecule has 0 bridgehead atoms. The highest BCUT2D eigenvalue weighted by Gasteiger charge is 2.16. The molecule has 1 unspecified atom stereocenters. The number of benzene rings is 2. The fraction of sp³-hybridized carbons (Fsp3) is 0.176. The van der Waals surface area contributed by atoms with E-state index in [1.54, 1.807) is 12.5 Å². The molecule has 0 fully saturated rings. The minimum Gasteiger partial charge on any atom is -0.467 e. The number of rotatable bonds is 6. The maximum Gasteiger partial charge on any atom is 0.293 e. The molecule has 0 spiro atoms. The Kier molecular flexibility index (Phi) is 3.96. The standard InChI is InChI=1S/C17H16N2O2/c20-12-21-10-15(17-9-18-11-19-17)8-14-6-3-5-13-4-1-2-7-16(13)14/h1-7,9,11-12,15H,8,10H2,(H,18,19). The third-order valence-corrected chi connectivity index (χ3v) is 3.67. The third-order valence-electron chi connectivity index (χ3n) is 3.67. The number of aromatic nitrogens is 2. The zero-order valence-corrected chi connectivity index (χ0v) is 11.5. The van der Waals surface area contributed by atoms with Gasteiger partial charge in [-0.1, -0.05) is 42.5 Å². The molecule has 0 saturated heterocycles. The van der Waals surface area contributed by atoms with Crippen LogP contribution in [0.1, 0.15) is 17.2 Å². The minimum absolute atomic E-state index is 0.0727. The van der Waals surface area contributed by atoms with Crippen LogP contribution in [-0.2, 0) is 16.0 Å². The average molecular weight is 280 g/mol. The highest BCUT2D eigenvalue weighted by molar-refractivity contribution is 5.85. The second kappa shape index (κ2) is 6.22. The summed E-state index contributed by atoms with van der Waals surface area (Å²) in [5.41, 5.74) is 2.21. The Morgan fingerprint density at radius 3 is 2.86 bits per heavy atom. The molecule has 3 aromatic rings. The van der Waals surface area contributed by atoms with E-state index in [1.807, 2.05) is 12.1 Å². The number of hydrogen-bond donors (Lipinski definition) is 1. The van der Waals surface area contributed by atoms with E-state index in [9.17, 15) is 4.79 Å². The number of H-pyrrole nitrogens is 1. The fourth-order valence-electron chi connectivity index (χ4n) is 2.64. The van der Waals surface area contributed by atoms with Gasteiger partial charge in [-0.25, -0.2) is 4.98 Å². The van der Waals surface area contributed by atoms with Crippen LogP contribution in [0.15, 0.2) is 55.0 Å². The van der Waals surface area contributed by atoms with Gasteiger partial charge >= 0.3 is 0 Å². The van der Waals surface area contributed by atoms with Crippen LogP contribution in [0.5, 0.6) is 0 Å². The Labute approximate surface area is 122 Å². The van der Waals surface area contributed by atoms with Crippen LogP contribution in [0.2, 0.25) is 0 Å². The van der Waals surface area contributed by atoms with Crippen molar-refractivity contribution in [2.45, 2.75) is 12.3 Å². The molecule has 1 heterocycles. The van der Waals surface area contributed by atoms with Crippen molar-refractivity contribution in [2.75, 3.05) is 6.61 Å². The molecule has 21 heavy (non-hydrogen) atoms. The molecule has 0 aliphatic heterocycles. The summed E-state index contributed by atoms with van der Waals surface area (Å²) in [4.78, 5) is 17.7. The SMILES string of the molecule is O=COCC(Cc1cccc2ccccc12)c1cnc[nH]1. The molecule has 3 rings (SSSR count). The van der Waals surface area contributed by atoms with Gasteiger partial charge in [-0.15, -0.1) is 0 Å². The monoisotopic (exact) mass is 280 g/mol. The van der Waals surface area contributed by atoms with Crippen LogP contribution in [0.4, 0.5) is 0 Å². The molecule has 1 N–H and O–H groups in total. The van der Waals surface area contributed by atoms with Gasteiger partial charge in [-0.2, -0.15) is 0 Å². The minimum atomic E-state index is 0.0727. The number of fused-ring (bicyclic) bond motifs is 1. The number of aromatic amines is 1. The second-order valence-electron chi connectivity index (χ2n) is 4.98. The first-order chi connectivity index (χ1) is 10.4. The maximum absolute atomic E-state index is 10.5. The molecule has 0 amide bonds. The lowest BCUT2D eigenvalue weighted by Gasteiger charge is -2.15. The van der Waals surface area contributed by atoms with Crippen LogP contribution >= 0.6 is 0 Å². The lowest BCUT2D eigenvalue weighted by molar-refractivity contribution is -0.129. The van der Waals surface area contributed by atoms with E-state index in [1.165, 1.54) is 16.3 Å². The van der Waals surface area contributed by atoms with E-state index in [0.29, 0.717) is 13.1 Å². The first kappa shape index (κ1) is 13.4. The summed E-state index contributed by atoms with van der Waals surface area (Å²) >= 11 is 0. The van der Waals surface area contributed by atoms with Crippen molar-refractivity contribution in [3.63, 3.8) is 0 Å². The van der Waals surface area contributed by atoms with Crippen LogP contribution in [-0.4, -0.2) is 23.0 Å². The highest BCUT2D eigenvalue weighted by Crippen LogP contribution is 2.25. The van der Waals surface area contributed by atoms with Gasteiger partial charge in [0, 0.05) is 17.8 Å². The van der Waals surface area contributed by atoms with Crippen molar-refractivity contribution < 1.29 is 9.53 Å². The number of ether oxygens (including phenoxy) is 1. The lowest BCUT2D eigenvalue weighted by atomic mass is 9.93. The molecule has 1 aromatic heterocycles. The van der Waals surface area contributed by atoms with Gasteiger partial charge in [0.1, 0.15) is 0 Å². The Morgan fingerprint density at radius 2 is 2.05 bits per heavy atom. The van der Waals surface area contributed by atoms with Crippen molar-refractivity contribution in [2.24, 2.45) is 0 Å². The van der Waals surface area contributed by atoms with Gasteiger partial charge in [0.05, 0.1) is 12.9 Å². The van der Waals surface area contributed by atoms with Crippen molar-refractivity contribution >= 4 is 17.2 Å². The van der Waals surface area contributed by atoms with Crippen LogP contribution in [0.25, 0.3) is 10.8 Å². The molecular weight excluding hydrogens is 264 g/mol. The fourth-order valence-corrected chi connectivity index (χ4v) is 2.64. The van der Waals surface area contributed by atoms with Crippen molar-refractivity contribution in [1.29, 1.82) is 0 Å². The quantitative estimate of drug-likeness (QED) is 0.706. The molecular formula is C17H16N2O2. The Bertz CT molecular complexity index is 717. The van der Waals surface area contributed by atoms with E-state index in [2.05, 4.69) is 40.3 Å². The number of carbonyl (C=O) groups excluding carboxylic acids is 1. The number of nitrogens with one attached hydrogen (secondary N) is 1. The van der Waals surface area contributed by atoms with Gasteiger partial charge in [0.25, 0.3) is 6.47 Å². The predicted octanol–water partition coefficient (Wildman–Crippen LogP) is 3.06. The van der Waals surface area contributed by atoms with Gasteiger partial charge in [0.2, 0.25) is 0 Å². The van der Waals surface area contributed by atoms with Crippen molar-refractivity contribution in [1.82, 2.24) is 9.97 Å². The summed E-state index contributed by atoms with van der Waals surface area (Å²) in [6, 6.07) is 14.6. The summed E-state index contributed by atoms with van der Waals surface area (Å²) in [7, 11) is 0. The smallest absolute Gasteiger partial charge is 0.293 e. The van der Waals surface area contributed by atoms with Crippen LogP contribution < -0.4 is 0 Å². The summed E-state index contributed by atoms with van der Waals surface area (Å²) in [5.74, 6) is 0.0727. The van der Waals surface area contributed by atoms with Crippen molar-refractivity contribution in [3.05, 3.63) is 66.2 Å². The summed E-state index contributed by atoms with van der Waals surface area (Å²) in [5, 5.41) is 2.45. The zero-order valence-electron chi connectivity index (χ0n) is 11.5. The largest absolute Gasteiger partial charge is 0.467 e. The average Bonchev–Trinajstić information content (AvgIpc) is 3.06. The topological polar surface area (TPSA) is 55.0 Å². The maximum atomic E-state index is 10.5. The normalized spacial score (nSPS) is 12.2. The summed E-state index contributed by atoms with van der Waals surface area (Å²) < 4.78 is 4.98. The molecule has 0 aliphatic rings. The van der Waals surface area contributed by atoms with Crippen LogP contribution in [0, 0.1) is 0 Å². The molecule has 4 nitrogen and oxygen atoms in total. The second-order valence-corrected chi connectivity index (χ2v) is 4.98. The molecule has 0 saturated carbocycles. The predicted molar refractivity (Wildman–Crippen MR) is 81.0 cm³/mol. The Hall–Kier alpha value is -2.62. The number of imidazole rings is 1. The van der Waals surface area contributed by atoms with E-state index < -0.39 is 0 Å². The van der Waals surface area contributed by atoms with E-state index in [4.69, 9.17) is 4.74 Å². The molecule has 4 heteroatoms. The van der Waals surface area contributed by atoms with Gasteiger partial charge in [0.15, 0.2) is 0 Å². The molecule has 0 radical (unpaired) electrons. The van der Waals surface area contributed by atoms with Gasteiger partial charge in [-0.05, 0) is 22.8 Å². The Morgan fingerprint density at radius 1 is 1.19 bits per heavy atom. The number of hydrogen-bond acceptors (Lipinski definition) is 3. The third kappa shape index (κ3) is 2.94. The van der Waals surface area contributed by atoms with E-state index in [0.717, 1.165) is 12.1 Å². The highest BCUT2D eigenvalue weighted by atomic mass is 16.5. The van der Waals surface area contributed by atoms with Crippen molar-refractivity contribution in [3.8, 4) is 0 Å². The first-order valence-electron chi connectivity index (χ1n) is 6.88. The number of nitrogens with zero attached hydrogens (tertiary/aromatic N) is 1. The lowest BCUT2D eigenvalue weighted by Crippen LogP contribution is -2.11. The van der Waals surface area contributed by atoms with Gasteiger partial charge in [-0.3, -0.25) is 4.79 Å².